The van der Waals surface area contributed by atoms with E-state index < -0.39 is 0 Å². The Labute approximate surface area is 90.2 Å². The van der Waals surface area contributed by atoms with E-state index in [-0.39, 0.29) is 5.60 Å². The first kappa shape index (κ1) is 12.1. The summed E-state index contributed by atoms with van der Waals surface area (Å²) in [6.07, 6.45) is 0.628. The molecule has 0 atom stereocenters. The average molecular weight is 213 g/mol. The van der Waals surface area contributed by atoms with E-state index in [0.717, 1.165) is 6.54 Å². The SMILES string of the molecule is CCNCc1noc(CC(C)(C)OC)n1. The van der Waals surface area contributed by atoms with Crippen molar-refractivity contribution in [2.75, 3.05) is 13.7 Å². The standard InChI is InChI=1S/C10H19N3O2/c1-5-11-7-8-12-9(15-13-8)6-10(2,3)14-4/h11H,5-7H2,1-4H3. The maximum atomic E-state index is 5.29. The van der Waals surface area contributed by atoms with E-state index in [2.05, 4.69) is 15.5 Å². The van der Waals surface area contributed by atoms with Crippen LogP contribution in [0.5, 0.6) is 0 Å². The molecule has 0 aromatic carbocycles. The van der Waals surface area contributed by atoms with Crippen molar-refractivity contribution in [1.29, 1.82) is 0 Å². The summed E-state index contributed by atoms with van der Waals surface area (Å²) in [4.78, 5) is 4.26. The summed E-state index contributed by atoms with van der Waals surface area (Å²) in [5, 5.41) is 7.01. The summed E-state index contributed by atoms with van der Waals surface area (Å²) >= 11 is 0. The van der Waals surface area contributed by atoms with Gasteiger partial charge in [0.2, 0.25) is 5.89 Å². The second kappa shape index (κ2) is 5.23. The van der Waals surface area contributed by atoms with Crippen LogP contribution in [0.4, 0.5) is 0 Å². The summed E-state index contributed by atoms with van der Waals surface area (Å²) in [5.74, 6) is 1.31. The molecular formula is C10H19N3O2. The molecule has 0 amide bonds. The lowest BCUT2D eigenvalue weighted by Gasteiger charge is -2.19. The smallest absolute Gasteiger partial charge is 0.229 e. The van der Waals surface area contributed by atoms with Crippen LogP contribution in [0, 0.1) is 0 Å². The first-order chi connectivity index (χ1) is 7.07. The fourth-order valence-corrected chi connectivity index (χ4v) is 1.11. The number of ether oxygens (including phenoxy) is 1. The van der Waals surface area contributed by atoms with Gasteiger partial charge in [0.1, 0.15) is 0 Å². The van der Waals surface area contributed by atoms with Gasteiger partial charge in [0, 0.05) is 7.11 Å². The second-order valence-electron chi connectivity index (χ2n) is 4.03. The molecular weight excluding hydrogens is 194 g/mol. The lowest BCUT2D eigenvalue weighted by Crippen LogP contribution is -2.25. The number of aromatic nitrogens is 2. The van der Waals surface area contributed by atoms with Crippen LogP contribution in [-0.2, 0) is 17.7 Å². The van der Waals surface area contributed by atoms with Gasteiger partial charge in [-0.15, -0.1) is 0 Å². The lowest BCUT2D eigenvalue weighted by molar-refractivity contribution is 0.0170. The molecule has 1 aromatic rings. The molecule has 86 valence electrons. The molecule has 5 nitrogen and oxygen atoms in total. The third-order valence-corrected chi connectivity index (χ3v) is 2.17. The summed E-state index contributed by atoms with van der Waals surface area (Å²) in [6, 6.07) is 0. The molecule has 0 aliphatic carbocycles. The number of rotatable bonds is 6. The number of hydrogen-bond donors (Lipinski definition) is 1. The van der Waals surface area contributed by atoms with Crippen molar-refractivity contribution in [3.05, 3.63) is 11.7 Å². The van der Waals surface area contributed by atoms with Crippen molar-refractivity contribution in [3.8, 4) is 0 Å². The molecule has 0 saturated carbocycles. The van der Waals surface area contributed by atoms with Crippen LogP contribution in [0.2, 0.25) is 0 Å². The Kier molecular flexibility index (Phi) is 4.23. The van der Waals surface area contributed by atoms with Gasteiger partial charge in [-0.3, -0.25) is 0 Å². The van der Waals surface area contributed by atoms with Gasteiger partial charge in [-0.05, 0) is 20.4 Å². The summed E-state index contributed by atoms with van der Waals surface area (Å²) in [5.41, 5.74) is -0.262. The largest absolute Gasteiger partial charge is 0.378 e. The fourth-order valence-electron chi connectivity index (χ4n) is 1.11. The van der Waals surface area contributed by atoms with Crippen molar-refractivity contribution in [2.24, 2.45) is 0 Å². The maximum absolute atomic E-state index is 5.29. The predicted molar refractivity (Wildman–Crippen MR) is 56.5 cm³/mol. The zero-order valence-electron chi connectivity index (χ0n) is 9.83. The Morgan fingerprint density at radius 2 is 2.20 bits per heavy atom. The van der Waals surface area contributed by atoms with Crippen molar-refractivity contribution >= 4 is 0 Å². The third-order valence-electron chi connectivity index (χ3n) is 2.17. The third kappa shape index (κ3) is 3.97. The Hall–Kier alpha value is -0.940. The Balaban J connectivity index is 2.52. The van der Waals surface area contributed by atoms with Gasteiger partial charge < -0.3 is 14.6 Å². The molecule has 0 bridgehead atoms. The lowest BCUT2D eigenvalue weighted by atomic mass is 10.1. The number of hydrogen-bond acceptors (Lipinski definition) is 5. The number of nitrogens with zero attached hydrogens (tertiary/aromatic N) is 2. The molecule has 0 spiro atoms. The Bertz CT molecular complexity index is 297. The van der Waals surface area contributed by atoms with Gasteiger partial charge in [0.15, 0.2) is 5.82 Å². The summed E-state index contributed by atoms with van der Waals surface area (Å²) < 4.78 is 10.4. The molecule has 0 unspecified atom stereocenters. The highest BCUT2D eigenvalue weighted by Gasteiger charge is 2.21. The van der Waals surface area contributed by atoms with E-state index in [1.807, 2.05) is 20.8 Å². The zero-order chi connectivity index (χ0) is 11.3. The minimum absolute atomic E-state index is 0.262. The number of nitrogens with one attached hydrogen (secondary N) is 1. The highest BCUT2D eigenvalue weighted by atomic mass is 16.5. The molecule has 0 fully saturated rings. The van der Waals surface area contributed by atoms with Crippen LogP contribution in [0.3, 0.4) is 0 Å². The van der Waals surface area contributed by atoms with Crippen molar-refractivity contribution in [2.45, 2.75) is 39.3 Å². The molecule has 0 aliphatic heterocycles. The van der Waals surface area contributed by atoms with Gasteiger partial charge in [-0.2, -0.15) is 4.98 Å². The first-order valence-electron chi connectivity index (χ1n) is 5.14. The highest BCUT2D eigenvalue weighted by molar-refractivity contribution is 4.90. The maximum Gasteiger partial charge on any atom is 0.229 e. The summed E-state index contributed by atoms with van der Waals surface area (Å²) in [7, 11) is 1.68. The van der Waals surface area contributed by atoms with Gasteiger partial charge in [-0.25, -0.2) is 0 Å². The molecule has 1 aromatic heterocycles. The molecule has 0 radical (unpaired) electrons. The van der Waals surface area contributed by atoms with Crippen LogP contribution in [-0.4, -0.2) is 29.4 Å². The summed E-state index contributed by atoms with van der Waals surface area (Å²) in [6.45, 7) is 7.55. The van der Waals surface area contributed by atoms with Gasteiger partial charge in [0.25, 0.3) is 0 Å². The van der Waals surface area contributed by atoms with Crippen LogP contribution >= 0.6 is 0 Å². The van der Waals surface area contributed by atoms with E-state index in [1.165, 1.54) is 0 Å². The minimum Gasteiger partial charge on any atom is -0.378 e. The van der Waals surface area contributed by atoms with Crippen molar-refractivity contribution in [1.82, 2.24) is 15.5 Å². The van der Waals surface area contributed by atoms with E-state index >= 15 is 0 Å². The molecule has 5 heteroatoms. The fraction of sp³-hybridized carbons (Fsp3) is 0.800. The minimum atomic E-state index is -0.262. The molecule has 15 heavy (non-hydrogen) atoms. The zero-order valence-corrected chi connectivity index (χ0v) is 9.83. The van der Waals surface area contributed by atoms with Crippen LogP contribution in [0.15, 0.2) is 4.52 Å². The monoisotopic (exact) mass is 213 g/mol. The topological polar surface area (TPSA) is 60.2 Å². The highest BCUT2D eigenvalue weighted by Crippen LogP contribution is 2.14. The van der Waals surface area contributed by atoms with Crippen molar-refractivity contribution < 1.29 is 9.26 Å². The number of methoxy groups -OCH3 is 1. The Morgan fingerprint density at radius 1 is 1.47 bits per heavy atom. The molecule has 1 heterocycles. The predicted octanol–water partition coefficient (Wildman–Crippen LogP) is 1.15. The normalized spacial score (nSPS) is 12.0. The van der Waals surface area contributed by atoms with E-state index in [0.29, 0.717) is 24.7 Å². The van der Waals surface area contributed by atoms with Crippen molar-refractivity contribution in [3.63, 3.8) is 0 Å². The van der Waals surface area contributed by atoms with Gasteiger partial charge in [0.05, 0.1) is 18.6 Å². The van der Waals surface area contributed by atoms with E-state index in [4.69, 9.17) is 9.26 Å². The quantitative estimate of drug-likeness (QED) is 0.768. The molecule has 1 N–H and O–H groups in total. The molecule has 1 rings (SSSR count). The average Bonchev–Trinajstić information content (AvgIpc) is 2.62. The molecule has 0 aliphatic rings. The van der Waals surface area contributed by atoms with Crippen LogP contribution in [0.25, 0.3) is 0 Å². The van der Waals surface area contributed by atoms with Crippen LogP contribution in [0.1, 0.15) is 32.5 Å². The molecule has 0 saturated heterocycles. The van der Waals surface area contributed by atoms with Crippen LogP contribution < -0.4 is 5.32 Å². The van der Waals surface area contributed by atoms with E-state index in [9.17, 15) is 0 Å². The van der Waals surface area contributed by atoms with E-state index in [1.54, 1.807) is 7.11 Å². The first-order valence-corrected chi connectivity index (χ1v) is 5.14. The Morgan fingerprint density at radius 3 is 2.80 bits per heavy atom. The second-order valence-corrected chi connectivity index (χ2v) is 4.03. The van der Waals surface area contributed by atoms with Gasteiger partial charge >= 0.3 is 0 Å². The van der Waals surface area contributed by atoms with Gasteiger partial charge in [-0.1, -0.05) is 12.1 Å².